The molecular formula is C18H17N3O9S3. The Kier molecular flexibility index (Phi) is 6.83. The fourth-order valence-electron chi connectivity index (χ4n) is 2.88. The van der Waals surface area contributed by atoms with E-state index < -0.39 is 42.7 Å². The highest BCUT2D eigenvalue weighted by Gasteiger charge is 2.18. The fraction of sp³-hybridized carbons (Fsp3) is 0.111. The second-order valence-electron chi connectivity index (χ2n) is 6.59. The molecule has 4 N–H and O–H groups in total. The molecule has 0 amide bonds. The average Bonchev–Trinajstić information content (AvgIpc) is 2.71. The number of rotatable bonds is 8. The molecule has 0 bridgehead atoms. The average molecular weight is 516 g/mol. The third kappa shape index (κ3) is 6.10. The summed E-state index contributed by atoms with van der Waals surface area (Å²) in [6, 6.07) is 12.2. The van der Waals surface area contributed by atoms with E-state index in [0.717, 1.165) is 0 Å². The lowest BCUT2D eigenvalue weighted by atomic mass is 10.1. The van der Waals surface area contributed by atoms with Gasteiger partial charge in [0.1, 0.15) is 4.90 Å². The molecule has 0 aliphatic carbocycles. The van der Waals surface area contributed by atoms with Crippen molar-refractivity contribution in [2.75, 3.05) is 18.1 Å². The lowest BCUT2D eigenvalue weighted by molar-refractivity contribution is 0.284. The Labute approximate surface area is 189 Å². The van der Waals surface area contributed by atoms with E-state index in [0.29, 0.717) is 5.39 Å². The minimum atomic E-state index is -4.75. The van der Waals surface area contributed by atoms with E-state index in [1.807, 2.05) is 0 Å². The van der Waals surface area contributed by atoms with Crippen LogP contribution < -0.4 is 5.73 Å². The van der Waals surface area contributed by atoms with Gasteiger partial charge >= 0.3 is 10.4 Å². The highest BCUT2D eigenvalue weighted by molar-refractivity contribution is 7.91. The van der Waals surface area contributed by atoms with Crippen molar-refractivity contribution in [2.45, 2.75) is 9.79 Å². The molecule has 3 aromatic rings. The normalized spacial score (nSPS) is 13.0. The van der Waals surface area contributed by atoms with Crippen molar-refractivity contribution in [3.8, 4) is 0 Å². The van der Waals surface area contributed by atoms with Crippen LogP contribution in [0.1, 0.15) is 0 Å². The molecule has 0 atom stereocenters. The number of nitrogen functional groups attached to an aromatic ring is 1. The number of anilines is 1. The first-order valence-electron chi connectivity index (χ1n) is 8.93. The molecule has 33 heavy (non-hydrogen) atoms. The first kappa shape index (κ1) is 24.7. The molecule has 0 saturated heterocycles. The summed E-state index contributed by atoms with van der Waals surface area (Å²) in [5.41, 5.74) is 6.52. The van der Waals surface area contributed by atoms with Crippen LogP contribution in [0.4, 0.5) is 17.1 Å². The summed E-state index contributed by atoms with van der Waals surface area (Å²) in [7, 11) is -13.2. The highest BCUT2D eigenvalue weighted by Crippen LogP contribution is 2.35. The van der Waals surface area contributed by atoms with Crippen LogP contribution in [0.2, 0.25) is 0 Å². The summed E-state index contributed by atoms with van der Waals surface area (Å²) in [4.78, 5) is -0.502. The summed E-state index contributed by atoms with van der Waals surface area (Å²) in [5, 5.41) is 8.49. The monoisotopic (exact) mass is 515 g/mol. The van der Waals surface area contributed by atoms with Crippen molar-refractivity contribution < 1.29 is 38.5 Å². The lowest BCUT2D eigenvalue weighted by Crippen LogP contribution is -2.15. The topological polar surface area (TPSA) is 203 Å². The Hall–Kier alpha value is -2.95. The standard InChI is InChI=1S/C18H17N3O9S3/c19-15-8-9-16(14-2-1-3-17(18(14)15)32(24,25)26)21-20-12-4-6-13(7-5-12)31(22,23)11-10-30-33(27,28)29/h1-9H,10-11,19H2,(H,24,25,26)(H,27,28,29). The van der Waals surface area contributed by atoms with Gasteiger partial charge < -0.3 is 5.73 Å². The van der Waals surface area contributed by atoms with E-state index in [-0.39, 0.29) is 32.2 Å². The molecule has 3 rings (SSSR count). The molecule has 176 valence electrons. The third-order valence-corrected chi connectivity index (χ3v) is 7.40. The number of hydrogen-bond acceptors (Lipinski definition) is 10. The van der Waals surface area contributed by atoms with Crippen LogP contribution >= 0.6 is 0 Å². The first-order valence-corrected chi connectivity index (χ1v) is 13.4. The number of hydrogen-bond donors (Lipinski definition) is 3. The van der Waals surface area contributed by atoms with Gasteiger partial charge in [-0.25, -0.2) is 12.6 Å². The first-order chi connectivity index (χ1) is 15.3. The van der Waals surface area contributed by atoms with Crippen LogP contribution in [-0.2, 0) is 34.5 Å². The van der Waals surface area contributed by atoms with E-state index in [1.165, 1.54) is 48.5 Å². The molecule has 0 unspecified atom stereocenters. The van der Waals surface area contributed by atoms with E-state index >= 15 is 0 Å². The number of benzene rings is 3. The zero-order valence-corrected chi connectivity index (χ0v) is 19.0. The molecule has 12 nitrogen and oxygen atoms in total. The Morgan fingerprint density at radius 2 is 1.52 bits per heavy atom. The van der Waals surface area contributed by atoms with Crippen LogP contribution in [0.15, 0.2) is 74.6 Å². The Morgan fingerprint density at radius 1 is 0.848 bits per heavy atom. The Bertz CT molecular complexity index is 1550. The number of fused-ring (bicyclic) bond motifs is 1. The highest BCUT2D eigenvalue weighted by atomic mass is 32.3. The lowest BCUT2D eigenvalue weighted by Gasteiger charge is -2.08. The van der Waals surface area contributed by atoms with E-state index in [1.54, 1.807) is 6.07 Å². The van der Waals surface area contributed by atoms with Gasteiger partial charge in [-0.15, -0.1) is 5.11 Å². The van der Waals surface area contributed by atoms with Crippen molar-refractivity contribution >= 4 is 58.2 Å². The van der Waals surface area contributed by atoms with E-state index in [9.17, 15) is 29.8 Å². The molecule has 0 radical (unpaired) electrons. The zero-order valence-electron chi connectivity index (χ0n) is 16.6. The van der Waals surface area contributed by atoms with Crippen molar-refractivity contribution in [1.29, 1.82) is 0 Å². The number of nitrogens with zero attached hydrogens (tertiary/aromatic N) is 2. The SMILES string of the molecule is Nc1ccc(N=Nc2ccc(S(=O)(=O)CCOS(=O)(=O)O)cc2)c2cccc(S(=O)(=O)O)c12. The van der Waals surface area contributed by atoms with Gasteiger partial charge in [0, 0.05) is 16.5 Å². The van der Waals surface area contributed by atoms with Gasteiger partial charge in [0.2, 0.25) is 0 Å². The van der Waals surface area contributed by atoms with Crippen molar-refractivity contribution in [2.24, 2.45) is 10.2 Å². The van der Waals surface area contributed by atoms with Crippen LogP contribution in [0.25, 0.3) is 10.8 Å². The van der Waals surface area contributed by atoms with Crippen LogP contribution in [-0.4, -0.2) is 46.7 Å². The van der Waals surface area contributed by atoms with Crippen LogP contribution in [0.3, 0.4) is 0 Å². The number of nitrogens with two attached hydrogens (primary N) is 1. The molecule has 0 saturated carbocycles. The largest absolute Gasteiger partial charge is 0.398 e. The summed E-state index contributed by atoms with van der Waals surface area (Å²) in [6.07, 6.45) is 0. The van der Waals surface area contributed by atoms with Crippen molar-refractivity contribution in [3.05, 3.63) is 54.6 Å². The Morgan fingerprint density at radius 3 is 2.12 bits per heavy atom. The van der Waals surface area contributed by atoms with Crippen molar-refractivity contribution in [3.63, 3.8) is 0 Å². The van der Waals surface area contributed by atoms with Gasteiger partial charge in [-0.1, -0.05) is 12.1 Å². The molecule has 0 fully saturated rings. The fourth-order valence-corrected chi connectivity index (χ4v) is 5.11. The molecule has 0 aliphatic heterocycles. The maximum absolute atomic E-state index is 12.2. The Balaban J connectivity index is 1.87. The zero-order chi connectivity index (χ0) is 24.4. The van der Waals surface area contributed by atoms with Crippen molar-refractivity contribution in [1.82, 2.24) is 0 Å². The van der Waals surface area contributed by atoms with E-state index in [4.69, 9.17) is 10.3 Å². The summed E-state index contributed by atoms with van der Waals surface area (Å²) in [5.74, 6) is -0.679. The predicted molar refractivity (Wildman–Crippen MR) is 118 cm³/mol. The summed E-state index contributed by atoms with van der Waals surface area (Å²) in [6.45, 7) is -0.752. The molecule has 0 spiro atoms. The summed E-state index contributed by atoms with van der Waals surface area (Å²) < 4.78 is 90.8. The number of sulfone groups is 1. The van der Waals surface area contributed by atoms with Gasteiger partial charge in [-0.2, -0.15) is 21.9 Å². The predicted octanol–water partition coefficient (Wildman–Crippen LogP) is 2.68. The molecule has 0 aromatic heterocycles. The molecule has 0 heterocycles. The van der Waals surface area contributed by atoms with Crippen LogP contribution in [0.5, 0.6) is 0 Å². The maximum atomic E-state index is 12.2. The summed E-state index contributed by atoms with van der Waals surface area (Å²) >= 11 is 0. The second kappa shape index (κ2) is 9.12. The minimum absolute atomic E-state index is 0.0880. The quantitative estimate of drug-likeness (QED) is 0.227. The maximum Gasteiger partial charge on any atom is 0.397 e. The van der Waals surface area contributed by atoms with Gasteiger partial charge in [0.15, 0.2) is 9.84 Å². The van der Waals surface area contributed by atoms with Gasteiger partial charge in [-0.3, -0.25) is 9.11 Å². The van der Waals surface area contributed by atoms with E-state index in [2.05, 4.69) is 14.4 Å². The number of azo groups is 1. The molecule has 3 aromatic carbocycles. The van der Waals surface area contributed by atoms with Gasteiger partial charge in [-0.05, 0) is 42.5 Å². The van der Waals surface area contributed by atoms with Gasteiger partial charge in [0.05, 0.1) is 28.6 Å². The molecular weight excluding hydrogens is 498 g/mol. The van der Waals surface area contributed by atoms with Crippen LogP contribution in [0, 0.1) is 0 Å². The second-order valence-corrected chi connectivity index (χ2v) is 11.2. The van der Waals surface area contributed by atoms with Gasteiger partial charge in [0.25, 0.3) is 10.1 Å². The third-order valence-electron chi connectivity index (χ3n) is 4.34. The molecule has 15 heteroatoms. The smallest absolute Gasteiger partial charge is 0.397 e. The minimum Gasteiger partial charge on any atom is -0.398 e. The molecule has 0 aliphatic rings.